The number of anilines is 1. The van der Waals surface area contributed by atoms with Crippen molar-refractivity contribution < 1.29 is 4.79 Å². The summed E-state index contributed by atoms with van der Waals surface area (Å²) in [5, 5.41) is 0. The molecular weight excluding hydrogens is 200 g/mol. The van der Waals surface area contributed by atoms with Crippen LogP contribution in [0.1, 0.15) is 37.8 Å². The lowest BCUT2D eigenvalue weighted by Gasteiger charge is -2.32. The Morgan fingerprint density at radius 2 is 2.25 bits per heavy atom. The molecule has 1 unspecified atom stereocenters. The SMILES string of the molecule is CCCC(=O)N1CCC(N)c2ccccc21. The Bertz CT molecular complexity index is 389. The summed E-state index contributed by atoms with van der Waals surface area (Å²) in [4.78, 5) is 13.8. The largest absolute Gasteiger partial charge is 0.324 e. The number of rotatable bonds is 2. The highest BCUT2D eigenvalue weighted by Crippen LogP contribution is 2.32. The van der Waals surface area contributed by atoms with Gasteiger partial charge in [0.1, 0.15) is 0 Å². The van der Waals surface area contributed by atoms with Crippen molar-refractivity contribution in [1.29, 1.82) is 0 Å². The van der Waals surface area contributed by atoms with Crippen LogP contribution < -0.4 is 10.6 Å². The zero-order chi connectivity index (χ0) is 11.5. The monoisotopic (exact) mass is 218 g/mol. The predicted octanol–water partition coefficient (Wildman–Crippen LogP) is 2.22. The van der Waals surface area contributed by atoms with E-state index in [2.05, 4.69) is 0 Å². The van der Waals surface area contributed by atoms with Crippen LogP contribution in [0.3, 0.4) is 0 Å². The third kappa shape index (κ3) is 1.95. The first-order chi connectivity index (χ1) is 7.74. The minimum absolute atomic E-state index is 0.0712. The second-order valence-electron chi connectivity index (χ2n) is 4.25. The smallest absolute Gasteiger partial charge is 0.226 e. The molecule has 2 rings (SSSR count). The van der Waals surface area contributed by atoms with E-state index in [0.717, 1.165) is 30.6 Å². The van der Waals surface area contributed by atoms with Crippen LogP contribution in [0.2, 0.25) is 0 Å². The van der Waals surface area contributed by atoms with Gasteiger partial charge in [0.05, 0.1) is 0 Å². The fourth-order valence-electron chi connectivity index (χ4n) is 2.20. The average Bonchev–Trinajstić information content (AvgIpc) is 2.30. The summed E-state index contributed by atoms with van der Waals surface area (Å²) in [6, 6.07) is 8.02. The van der Waals surface area contributed by atoms with Crippen molar-refractivity contribution >= 4 is 11.6 Å². The molecule has 1 aromatic carbocycles. The minimum atomic E-state index is 0.0712. The number of hydrogen-bond donors (Lipinski definition) is 1. The number of fused-ring (bicyclic) bond motifs is 1. The summed E-state index contributed by atoms with van der Waals surface area (Å²) in [5.41, 5.74) is 8.14. The molecule has 86 valence electrons. The fourth-order valence-corrected chi connectivity index (χ4v) is 2.20. The van der Waals surface area contributed by atoms with E-state index in [0.29, 0.717) is 6.42 Å². The van der Waals surface area contributed by atoms with E-state index < -0.39 is 0 Å². The van der Waals surface area contributed by atoms with Crippen molar-refractivity contribution in [1.82, 2.24) is 0 Å². The molecule has 2 N–H and O–H groups in total. The number of carbonyl (C=O) groups is 1. The second kappa shape index (κ2) is 4.66. The molecule has 1 aromatic rings. The van der Waals surface area contributed by atoms with Gasteiger partial charge in [0, 0.05) is 24.7 Å². The van der Waals surface area contributed by atoms with Gasteiger partial charge >= 0.3 is 0 Å². The first-order valence-electron chi connectivity index (χ1n) is 5.89. The van der Waals surface area contributed by atoms with Crippen LogP contribution in [-0.2, 0) is 4.79 Å². The lowest BCUT2D eigenvalue weighted by molar-refractivity contribution is -0.118. The summed E-state index contributed by atoms with van der Waals surface area (Å²) in [7, 11) is 0. The fraction of sp³-hybridized carbons (Fsp3) is 0.462. The molecule has 0 radical (unpaired) electrons. The van der Waals surface area contributed by atoms with E-state index in [1.165, 1.54) is 0 Å². The third-order valence-electron chi connectivity index (χ3n) is 3.06. The summed E-state index contributed by atoms with van der Waals surface area (Å²) < 4.78 is 0. The van der Waals surface area contributed by atoms with Gasteiger partial charge in [-0.3, -0.25) is 4.79 Å². The Labute approximate surface area is 96.2 Å². The van der Waals surface area contributed by atoms with E-state index in [-0.39, 0.29) is 11.9 Å². The maximum Gasteiger partial charge on any atom is 0.226 e. The van der Waals surface area contributed by atoms with Crippen molar-refractivity contribution in [2.45, 2.75) is 32.2 Å². The summed E-state index contributed by atoms with van der Waals surface area (Å²) in [6.45, 7) is 2.77. The number of benzene rings is 1. The highest BCUT2D eigenvalue weighted by atomic mass is 16.2. The van der Waals surface area contributed by atoms with Crippen molar-refractivity contribution in [3.8, 4) is 0 Å². The molecule has 1 aliphatic heterocycles. The van der Waals surface area contributed by atoms with Crippen LogP contribution >= 0.6 is 0 Å². The summed E-state index contributed by atoms with van der Waals surface area (Å²) in [6.07, 6.45) is 2.36. The topological polar surface area (TPSA) is 46.3 Å². The molecule has 0 aromatic heterocycles. The van der Waals surface area contributed by atoms with Crippen molar-refractivity contribution in [3.05, 3.63) is 29.8 Å². The van der Waals surface area contributed by atoms with Crippen LogP contribution in [0, 0.1) is 0 Å². The first kappa shape index (κ1) is 11.1. The molecule has 1 aliphatic rings. The van der Waals surface area contributed by atoms with Crippen molar-refractivity contribution in [3.63, 3.8) is 0 Å². The van der Waals surface area contributed by atoms with Crippen LogP contribution in [0.25, 0.3) is 0 Å². The quantitative estimate of drug-likeness (QED) is 0.827. The lowest BCUT2D eigenvalue weighted by atomic mass is 9.97. The van der Waals surface area contributed by atoms with E-state index in [9.17, 15) is 4.79 Å². The molecular formula is C13H18N2O. The zero-order valence-electron chi connectivity index (χ0n) is 9.65. The summed E-state index contributed by atoms with van der Waals surface area (Å²) in [5.74, 6) is 0.210. The van der Waals surface area contributed by atoms with Gasteiger partial charge in [-0.15, -0.1) is 0 Å². The first-order valence-corrected chi connectivity index (χ1v) is 5.89. The lowest BCUT2D eigenvalue weighted by Crippen LogP contribution is -2.38. The molecule has 0 aliphatic carbocycles. The number of nitrogens with zero attached hydrogens (tertiary/aromatic N) is 1. The molecule has 16 heavy (non-hydrogen) atoms. The highest BCUT2D eigenvalue weighted by molar-refractivity contribution is 5.94. The molecule has 3 heteroatoms. The standard InChI is InChI=1S/C13H18N2O/c1-2-5-13(16)15-9-8-11(14)10-6-3-4-7-12(10)15/h3-4,6-7,11H,2,5,8-9,14H2,1H3. The van der Waals surface area contributed by atoms with Gasteiger partial charge in [0.25, 0.3) is 0 Å². The predicted molar refractivity (Wildman–Crippen MR) is 65.2 cm³/mol. The van der Waals surface area contributed by atoms with Crippen LogP contribution in [0.5, 0.6) is 0 Å². The van der Waals surface area contributed by atoms with Crippen LogP contribution in [0.4, 0.5) is 5.69 Å². The number of nitrogens with two attached hydrogens (primary N) is 1. The molecule has 1 heterocycles. The minimum Gasteiger partial charge on any atom is -0.324 e. The Balaban J connectivity index is 2.31. The Morgan fingerprint density at radius 3 is 3.00 bits per heavy atom. The molecule has 0 spiro atoms. The molecule has 0 bridgehead atoms. The second-order valence-corrected chi connectivity index (χ2v) is 4.25. The maximum absolute atomic E-state index is 12.0. The molecule has 1 amide bonds. The van der Waals surface area contributed by atoms with Gasteiger partial charge in [0.15, 0.2) is 0 Å². The third-order valence-corrected chi connectivity index (χ3v) is 3.06. The Kier molecular flexibility index (Phi) is 3.25. The molecule has 0 fully saturated rings. The van der Waals surface area contributed by atoms with E-state index in [1.807, 2.05) is 36.1 Å². The maximum atomic E-state index is 12.0. The van der Waals surface area contributed by atoms with Crippen LogP contribution in [-0.4, -0.2) is 12.5 Å². The van der Waals surface area contributed by atoms with Gasteiger partial charge in [-0.25, -0.2) is 0 Å². The number of carbonyl (C=O) groups excluding carboxylic acids is 1. The van der Waals surface area contributed by atoms with Crippen molar-refractivity contribution in [2.24, 2.45) is 5.73 Å². The number of para-hydroxylation sites is 1. The molecule has 0 saturated heterocycles. The zero-order valence-corrected chi connectivity index (χ0v) is 9.65. The molecule has 1 atom stereocenters. The highest BCUT2D eigenvalue weighted by Gasteiger charge is 2.25. The average molecular weight is 218 g/mol. The number of amides is 1. The molecule has 3 nitrogen and oxygen atoms in total. The van der Waals surface area contributed by atoms with E-state index in [4.69, 9.17) is 5.73 Å². The van der Waals surface area contributed by atoms with Gasteiger partial charge in [-0.1, -0.05) is 25.1 Å². The van der Waals surface area contributed by atoms with E-state index >= 15 is 0 Å². The van der Waals surface area contributed by atoms with Gasteiger partial charge in [-0.2, -0.15) is 0 Å². The normalized spacial score (nSPS) is 19.4. The van der Waals surface area contributed by atoms with Gasteiger partial charge in [0.2, 0.25) is 5.91 Å². The Morgan fingerprint density at radius 1 is 1.50 bits per heavy atom. The van der Waals surface area contributed by atoms with Gasteiger partial charge in [-0.05, 0) is 24.5 Å². The molecule has 0 saturated carbocycles. The van der Waals surface area contributed by atoms with Gasteiger partial charge < -0.3 is 10.6 Å². The van der Waals surface area contributed by atoms with Crippen LogP contribution in [0.15, 0.2) is 24.3 Å². The van der Waals surface area contributed by atoms with Crippen molar-refractivity contribution in [2.75, 3.05) is 11.4 Å². The summed E-state index contributed by atoms with van der Waals surface area (Å²) >= 11 is 0. The Hall–Kier alpha value is -1.35. The number of hydrogen-bond acceptors (Lipinski definition) is 2. The van der Waals surface area contributed by atoms with E-state index in [1.54, 1.807) is 0 Å².